The minimum absolute atomic E-state index is 0.0206. The molecule has 0 fully saturated rings. The van der Waals surface area contributed by atoms with Crippen LogP contribution in [-0.4, -0.2) is 11.2 Å². The lowest BCUT2D eigenvalue weighted by atomic mass is 10.1. The molecule has 0 heterocycles. The minimum atomic E-state index is -0.723. The molecule has 2 N–H and O–H groups in total. The Bertz CT molecular complexity index is 767. The van der Waals surface area contributed by atoms with Gasteiger partial charge in [0.1, 0.15) is 0 Å². The van der Waals surface area contributed by atoms with Crippen molar-refractivity contribution in [3.63, 3.8) is 0 Å². The van der Waals surface area contributed by atoms with Gasteiger partial charge in [0.2, 0.25) is 0 Å². The monoisotopic (exact) mass is 333 g/mol. The highest BCUT2D eigenvalue weighted by Crippen LogP contribution is 2.39. The third-order valence-electron chi connectivity index (χ3n) is 4.50. The normalized spacial score (nSPS) is 19.4. The molecule has 4 rings (SSSR count). The standard InChI is InChI=1S/C21H20NOP/c23-20-15-16-9-7-8-14-19(16)21(20)22-24(17-10-3-1-4-11-17)18-12-5-2-6-13-18/h1-14,20-23H,15H2/t20-,21+/m1/s1. The molecule has 24 heavy (non-hydrogen) atoms. The predicted molar refractivity (Wildman–Crippen MR) is 101 cm³/mol. The van der Waals surface area contributed by atoms with E-state index >= 15 is 0 Å². The van der Waals surface area contributed by atoms with Crippen molar-refractivity contribution in [1.82, 2.24) is 5.09 Å². The van der Waals surface area contributed by atoms with Crippen molar-refractivity contribution in [3.05, 3.63) is 96.1 Å². The van der Waals surface area contributed by atoms with Crippen LogP contribution in [0.2, 0.25) is 0 Å². The first-order valence-corrected chi connectivity index (χ1v) is 9.59. The zero-order valence-corrected chi connectivity index (χ0v) is 14.2. The molecule has 3 heteroatoms. The zero-order valence-electron chi connectivity index (χ0n) is 13.3. The van der Waals surface area contributed by atoms with Crippen LogP contribution in [0.3, 0.4) is 0 Å². The molecule has 0 saturated carbocycles. The molecule has 0 saturated heterocycles. The van der Waals surface area contributed by atoms with Crippen LogP contribution >= 0.6 is 8.07 Å². The lowest BCUT2D eigenvalue weighted by molar-refractivity contribution is 0.152. The summed E-state index contributed by atoms with van der Waals surface area (Å²) in [6, 6.07) is 29.4. The summed E-state index contributed by atoms with van der Waals surface area (Å²) in [4.78, 5) is 0. The highest BCUT2D eigenvalue weighted by Gasteiger charge is 2.32. The van der Waals surface area contributed by atoms with Crippen LogP contribution < -0.4 is 15.7 Å². The molecule has 1 aliphatic rings. The fourth-order valence-electron chi connectivity index (χ4n) is 3.32. The molecule has 0 bridgehead atoms. The quantitative estimate of drug-likeness (QED) is 0.718. The molecule has 3 aromatic rings. The highest BCUT2D eigenvalue weighted by atomic mass is 31.1. The van der Waals surface area contributed by atoms with E-state index in [0.29, 0.717) is 0 Å². The number of hydrogen-bond acceptors (Lipinski definition) is 2. The van der Waals surface area contributed by atoms with Crippen LogP contribution in [0.15, 0.2) is 84.9 Å². The van der Waals surface area contributed by atoms with Gasteiger partial charge in [-0.05, 0) is 21.7 Å². The van der Waals surface area contributed by atoms with Gasteiger partial charge in [0, 0.05) is 14.5 Å². The van der Waals surface area contributed by atoms with Gasteiger partial charge >= 0.3 is 0 Å². The van der Waals surface area contributed by atoms with Crippen molar-refractivity contribution in [2.75, 3.05) is 0 Å². The third-order valence-corrected chi connectivity index (χ3v) is 6.67. The number of rotatable bonds is 4. The van der Waals surface area contributed by atoms with E-state index in [2.05, 4.69) is 71.8 Å². The maximum Gasteiger partial charge on any atom is 0.0778 e. The van der Waals surface area contributed by atoms with E-state index in [9.17, 15) is 5.11 Å². The number of hydrogen-bond donors (Lipinski definition) is 2. The van der Waals surface area contributed by atoms with Crippen molar-refractivity contribution in [3.8, 4) is 0 Å². The van der Waals surface area contributed by atoms with E-state index in [1.54, 1.807) is 0 Å². The first-order chi connectivity index (χ1) is 11.8. The number of aliphatic hydroxyl groups excluding tert-OH is 1. The molecule has 2 atom stereocenters. The second kappa shape index (κ2) is 6.86. The Balaban J connectivity index is 1.71. The fraction of sp³-hybridized carbons (Fsp3) is 0.143. The first kappa shape index (κ1) is 15.5. The SMILES string of the molecule is O[C@@H]1Cc2ccccc2[C@@H]1NP(c1ccccc1)c1ccccc1. The fourth-order valence-corrected chi connectivity index (χ4v) is 5.45. The van der Waals surface area contributed by atoms with E-state index < -0.39 is 8.07 Å². The minimum Gasteiger partial charge on any atom is -0.391 e. The summed E-state index contributed by atoms with van der Waals surface area (Å²) >= 11 is 0. The van der Waals surface area contributed by atoms with E-state index in [1.165, 1.54) is 21.7 Å². The van der Waals surface area contributed by atoms with Gasteiger partial charge in [0.05, 0.1) is 12.1 Å². The Morgan fingerprint density at radius 3 is 1.92 bits per heavy atom. The van der Waals surface area contributed by atoms with Crippen LogP contribution in [0, 0.1) is 0 Å². The van der Waals surface area contributed by atoms with Gasteiger partial charge in [-0.2, -0.15) is 0 Å². The van der Waals surface area contributed by atoms with Crippen LogP contribution in [0.5, 0.6) is 0 Å². The highest BCUT2D eigenvalue weighted by molar-refractivity contribution is 7.71. The van der Waals surface area contributed by atoms with Crippen molar-refractivity contribution < 1.29 is 5.11 Å². The predicted octanol–water partition coefficient (Wildman–Crippen LogP) is 3.28. The number of aliphatic hydroxyl groups is 1. The first-order valence-electron chi connectivity index (χ1n) is 8.25. The summed E-state index contributed by atoms with van der Waals surface area (Å²) in [5.41, 5.74) is 2.47. The molecular weight excluding hydrogens is 313 g/mol. The Morgan fingerprint density at radius 1 is 0.750 bits per heavy atom. The van der Waals surface area contributed by atoms with E-state index in [-0.39, 0.29) is 12.1 Å². The van der Waals surface area contributed by atoms with Crippen LogP contribution in [0.1, 0.15) is 17.2 Å². The lowest BCUT2D eigenvalue weighted by Gasteiger charge is -2.26. The average Bonchev–Trinajstić information content (AvgIpc) is 2.96. The van der Waals surface area contributed by atoms with E-state index in [0.717, 1.165) is 6.42 Å². The molecule has 0 amide bonds. The average molecular weight is 333 g/mol. The Labute approximate surface area is 144 Å². The van der Waals surface area contributed by atoms with Gasteiger partial charge in [-0.3, -0.25) is 5.09 Å². The second-order valence-corrected chi connectivity index (χ2v) is 8.05. The van der Waals surface area contributed by atoms with Crippen LogP contribution in [0.4, 0.5) is 0 Å². The molecular formula is C21H20NOP. The lowest BCUT2D eigenvalue weighted by Crippen LogP contribution is -2.31. The molecule has 0 unspecified atom stereocenters. The van der Waals surface area contributed by atoms with Gasteiger partial charge in [-0.15, -0.1) is 0 Å². The molecule has 0 aliphatic heterocycles. The number of fused-ring (bicyclic) bond motifs is 1. The summed E-state index contributed by atoms with van der Waals surface area (Å²) in [5.74, 6) is 0. The van der Waals surface area contributed by atoms with Gasteiger partial charge in [-0.1, -0.05) is 84.9 Å². The van der Waals surface area contributed by atoms with Crippen molar-refractivity contribution in [1.29, 1.82) is 0 Å². The molecule has 0 radical (unpaired) electrons. The van der Waals surface area contributed by atoms with Crippen LogP contribution in [0.25, 0.3) is 0 Å². The number of benzene rings is 3. The zero-order chi connectivity index (χ0) is 16.4. The van der Waals surface area contributed by atoms with E-state index in [1.807, 2.05) is 18.2 Å². The summed E-state index contributed by atoms with van der Waals surface area (Å²) in [5, 5.41) is 16.9. The van der Waals surface area contributed by atoms with Gasteiger partial charge in [0.25, 0.3) is 0 Å². The smallest absolute Gasteiger partial charge is 0.0778 e. The third kappa shape index (κ3) is 3.01. The molecule has 0 spiro atoms. The summed E-state index contributed by atoms with van der Waals surface area (Å²) < 4.78 is 0. The molecule has 120 valence electrons. The van der Waals surface area contributed by atoms with Gasteiger partial charge in [-0.25, -0.2) is 0 Å². The summed E-state index contributed by atoms with van der Waals surface area (Å²) in [7, 11) is -0.723. The van der Waals surface area contributed by atoms with Crippen molar-refractivity contribution in [2.45, 2.75) is 18.6 Å². The summed E-state index contributed by atoms with van der Waals surface area (Å²) in [6.07, 6.45) is 0.348. The largest absolute Gasteiger partial charge is 0.391 e. The molecule has 3 aromatic carbocycles. The van der Waals surface area contributed by atoms with E-state index in [4.69, 9.17) is 0 Å². The topological polar surface area (TPSA) is 32.3 Å². The number of nitrogens with one attached hydrogen (secondary N) is 1. The van der Waals surface area contributed by atoms with Gasteiger partial charge < -0.3 is 5.11 Å². The Kier molecular flexibility index (Phi) is 4.44. The molecule has 0 aromatic heterocycles. The maximum absolute atomic E-state index is 10.6. The Hall–Kier alpha value is -1.99. The van der Waals surface area contributed by atoms with Crippen molar-refractivity contribution in [2.24, 2.45) is 0 Å². The van der Waals surface area contributed by atoms with Crippen molar-refractivity contribution >= 4 is 18.7 Å². The Morgan fingerprint density at radius 2 is 1.29 bits per heavy atom. The summed E-state index contributed by atoms with van der Waals surface area (Å²) in [6.45, 7) is 0. The molecule has 2 nitrogen and oxygen atoms in total. The van der Waals surface area contributed by atoms with Gasteiger partial charge in [0.15, 0.2) is 0 Å². The second-order valence-electron chi connectivity index (χ2n) is 6.08. The molecule has 1 aliphatic carbocycles. The van der Waals surface area contributed by atoms with Crippen LogP contribution in [-0.2, 0) is 6.42 Å². The maximum atomic E-state index is 10.6.